The first-order valence-electron chi connectivity index (χ1n) is 5.08. The molecule has 0 unspecified atom stereocenters. The largest absolute Gasteiger partial charge is 0.366 e. The lowest BCUT2D eigenvalue weighted by atomic mass is 10.1. The topological polar surface area (TPSA) is 37.0 Å². The Morgan fingerprint density at radius 1 is 1.47 bits per heavy atom. The quantitative estimate of drug-likeness (QED) is 0.771. The number of rotatable bonds is 3. The summed E-state index contributed by atoms with van der Waals surface area (Å²) in [5.74, 6) is 0.874. The minimum atomic E-state index is 0.668. The molecule has 80 valence electrons. The van der Waals surface area contributed by atoms with Crippen molar-refractivity contribution in [2.75, 3.05) is 25.0 Å². The highest BCUT2D eigenvalue weighted by Crippen LogP contribution is 2.11. The molecule has 0 amide bonds. The molecule has 0 atom stereocenters. The fourth-order valence-corrected chi connectivity index (χ4v) is 1.63. The van der Waals surface area contributed by atoms with Crippen LogP contribution in [0.5, 0.6) is 0 Å². The smallest absolute Gasteiger partial charge is 0.126 e. The molecule has 0 bridgehead atoms. The average Bonchev–Trinajstić information content (AvgIpc) is 2.30. The summed E-state index contributed by atoms with van der Waals surface area (Å²) in [4.78, 5) is 4.18. The lowest BCUT2D eigenvalue weighted by Gasteiger charge is -2.14. The number of hydrogen-bond acceptors (Lipinski definition) is 3. The maximum absolute atomic E-state index is 5.75. The molecule has 0 fully saturated rings. The number of pyridine rings is 1. The first kappa shape index (κ1) is 10.5. The van der Waals surface area contributed by atoms with E-state index in [1.54, 1.807) is 6.20 Å². The zero-order chi connectivity index (χ0) is 10.5. The Kier molecular flexibility index (Phi) is 3.59. The molecule has 0 saturated heterocycles. The van der Waals surface area contributed by atoms with Crippen molar-refractivity contribution < 1.29 is 0 Å². The van der Waals surface area contributed by atoms with Gasteiger partial charge in [-0.2, -0.15) is 0 Å². The molecular formula is C11H14ClN3. The maximum Gasteiger partial charge on any atom is 0.126 e. The molecule has 0 saturated carbocycles. The van der Waals surface area contributed by atoms with Crippen LogP contribution in [0.15, 0.2) is 30.0 Å². The molecule has 1 aromatic rings. The number of hydrogen-bond donors (Lipinski definition) is 2. The van der Waals surface area contributed by atoms with Crippen molar-refractivity contribution in [2.45, 2.75) is 6.42 Å². The molecule has 1 aliphatic heterocycles. The summed E-state index contributed by atoms with van der Waals surface area (Å²) in [6.45, 7) is 2.92. The highest BCUT2D eigenvalue weighted by molar-refractivity contribution is 6.30. The molecule has 0 aliphatic carbocycles. The summed E-state index contributed by atoms with van der Waals surface area (Å²) >= 11 is 5.75. The van der Waals surface area contributed by atoms with Crippen LogP contribution in [0.4, 0.5) is 5.82 Å². The zero-order valence-electron chi connectivity index (χ0n) is 8.46. The molecule has 2 heterocycles. The second-order valence-electron chi connectivity index (χ2n) is 3.53. The van der Waals surface area contributed by atoms with Gasteiger partial charge in [0.05, 0.1) is 5.02 Å². The molecule has 0 radical (unpaired) electrons. The van der Waals surface area contributed by atoms with Gasteiger partial charge in [0, 0.05) is 19.3 Å². The van der Waals surface area contributed by atoms with E-state index in [2.05, 4.69) is 21.7 Å². The van der Waals surface area contributed by atoms with Crippen LogP contribution in [0, 0.1) is 0 Å². The van der Waals surface area contributed by atoms with Crippen molar-refractivity contribution in [1.29, 1.82) is 0 Å². The van der Waals surface area contributed by atoms with Gasteiger partial charge >= 0.3 is 0 Å². The van der Waals surface area contributed by atoms with Crippen molar-refractivity contribution >= 4 is 17.4 Å². The van der Waals surface area contributed by atoms with Gasteiger partial charge in [0.2, 0.25) is 0 Å². The van der Waals surface area contributed by atoms with Gasteiger partial charge in [-0.05, 0) is 25.1 Å². The molecule has 0 aromatic carbocycles. The fourth-order valence-electron chi connectivity index (χ4n) is 1.51. The lowest BCUT2D eigenvalue weighted by molar-refractivity contribution is 0.698. The maximum atomic E-state index is 5.75. The average molecular weight is 224 g/mol. The summed E-state index contributed by atoms with van der Waals surface area (Å²) in [7, 11) is 0. The van der Waals surface area contributed by atoms with E-state index in [0.29, 0.717) is 5.02 Å². The van der Waals surface area contributed by atoms with E-state index in [9.17, 15) is 0 Å². The molecule has 15 heavy (non-hydrogen) atoms. The molecule has 1 aromatic heterocycles. The molecule has 0 spiro atoms. The van der Waals surface area contributed by atoms with Crippen LogP contribution in [0.25, 0.3) is 0 Å². The standard InChI is InChI=1S/C11H14ClN3/c12-10-1-2-11(15-8-10)14-7-9-3-5-13-6-4-9/h1-3,8,13H,4-7H2,(H,14,15). The third-order valence-corrected chi connectivity index (χ3v) is 2.61. The van der Waals surface area contributed by atoms with Crippen LogP contribution < -0.4 is 10.6 Å². The van der Waals surface area contributed by atoms with Crippen LogP contribution >= 0.6 is 11.6 Å². The Hall–Kier alpha value is -1.06. The molecule has 4 heteroatoms. The van der Waals surface area contributed by atoms with E-state index < -0.39 is 0 Å². The fraction of sp³-hybridized carbons (Fsp3) is 0.364. The van der Waals surface area contributed by atoms with Crippen LogP contribution in [0.1, 0.15) is 6.42 Å². The van der Waals surface area contributed by atoms with E-state index in [0.717, 1.165) is 31.9 Å². The minimum Gasteiger partial charge on any atom is -0.366 e. The number of nitrogens with zero attached hydrogens (tertiary/aromatic N) is 1. The first-order chi connectivity index (χ1) is 7.34. The highest BCUT2D eigenvalue weighted by atomic mass is 35.5. The van der Waals surface area contributed by atoms with Crippen molar-refractivity contribution in [3.63, 3.8) is 0 Å². The molecule has 2 rings (SSSR count). The summed E-state index contributed by atoms with van der Waals surface area (Å²) in [5.41, 5.74) is 1.44. The second-order valence-corrected chi connectivity index (χ2v) is 3.97. The van der Waals surface area contributed by atoms with Crippen molar-refractivity contribution in [3.05, 3.63) is 35.0 Å². The Balaban J connectivity index is 1.87. The summed E-state index contributed by atoms with van der Waals surface area (Å²) < 4.78 is 0. The van der Waals surface area contributed by atoms with Crippen molar-refractivity contribution in [1.82, 2.24) is 10.3 Å². The van der Waals surface area contributed by atoms with Gasteiger partial charge < -0.3 is 10.6 Å². The molecular weight excluding hydrogens is 210 g/mol. The molecule has 2 N–H and O–H groups in total. The van der Waals surface area contributed by atoms with Gasteiger partial charge in [0.25, 0.3) is 0 Å². The molecule has 3 nitrogen and oxygen atoms in total. The monoisotopic (exact) mass is 223 g/mol. The third-order valence-electron chi connectivity index (χ3n) is 2.38. The first-order valence-corrected chi connectivity index (χ1v) is 5.46. The Morgan fingerprint density at radius 2 is 2.40 bits per heavy atom. The Morgan fingerprint density at radius 3 is 3.07 bits per heavy atom. The van der Waals surface area contributed by atoms with E-state index in [1.165, 1.54) is 5.57 Å². The van der Waals surface area contributed by atoms with Crippen molar-refractivity contribution in [2.24, 2.45) is 0 Å². The summed E-state index contributed by atoms with van der Waals surface area (Å²) in [5, 5.41) is 7.23. The Labute approximate surface area is 94.5 Å². The van der Waals surface area contributed by atoms with Gasteiger partial charge in [-0.1, -0.05) is 23.3 Å². The number of halogens is 1. The van der Waals surface area contributed by atoms with E-state index in [-0.39, 0.29) is 0 Å². The number of aromatic nitrogens is 1. The van der Waals surface area contributed by atoms with Crippen molar-refractivity contribution in [3.8, 4) is 0 Å². The van der Waals surface area contributed by atoms with Gasteiger partial charge in [-0.15, -0.1) is 0 Å². The highest BCUT2D eigenvalue weighted by Gasteiger charge is 2.02. The lowest BCUT2D eigenvalue weighted by Crippen LogP contribution is -2.23. The summed E-state index contributed by atoms with van der Waals surface area (Å²) in [6.07, 6.45) is 4.99. The zero-order valence-corrected chi connectivity index (χ0v) is 9.22. The second kappa shape index (κ2) is 5.14. The summed E-state index contributed by atoms with van der Waals surface area (Å²) in [6, 6.07) is 3.73. The third kappa shape index (κ3) is 3.22. The Bertz CT molecular complexity index is 345. The van der Waals surface area contributed by atoms with Gasteiger partial charge in [0.15, 0.2) is 0 Å². The van der Waals surface area contributed by atoms with Crippen LogP contribution in [0.3, 0.4) is 0 Å². The predicted octanol–water partition coefficient (Wildman–Crippen LogP) is 2.07. The minimum absolute atomic E-state index is 0.668. The normalized spacial score (nSPS) is 15.9. The van der Waals surface area contributed by atoms with E-state index in [4.69, 9.17) is 11.6 Å². The SMILES string of the molecule is Clc1ccc(NCC2=CCNCC2)nc1. The van der Waals surface area contributed by atoms with Crippen LogP contribution in [-0.2, 0) is 0 Å². The van der Waals surface area contributed by atoms with E-state index >= 15 is 0 Å². The van der Waals surface area contributed by atoms with Gasteiger partial charge in [-0.25, -0.2) is 4.98 Å². The van der Waals surface area contributed by atoms with Crippen LogP contribution in [-0.4, -0.2) is 24.6 Å². The van der Waals surface area contributed by atoms with Gasteiger partial charge in [-0.3, -0.25) is 0 Å². The predicted molar refractivity (Wildman–Crippen MR) is 63.3 cm³/mol. The number of nitrogens with one attached hydrogen (secondary N) is 2. The number of anilines is 1. The van der Waals surface area contributed by atoms with Gasteiger partial charge in [0.1, 0.15) is 5.82 Å². The van der Waals surface area contributed by atoms with E-state index in [1.807, 2.05) is 12.1 Å². The van der Waals surface area contributed by atoms with Crippen LogP contribution in [0.2, 0.25) is 5.02 Å². The molecule has 1 aliphatic rings.